The molecule has 21 nitrogen and oxygen atoms in total. The van der Waals surface area contributed by atoms with Gasteiger partial charge in [0.15, 0.2) is 0 Å². The summed E-state index contributed by atoms with van der Waals surface area (Å²) < 4.78 is 5.89. The highest BCUT2D eigenvalue weighted by Crippen LogP contribution is 2.26. The Kier molecular flexibility index (Phi) is 19.2. The number of amides is 7. The Morgan fingerprint density at radius 3 is 1.76 bits per heavy atom. The van der Waals surface area contributed by atoms with Gasteiger partial charge in [0.1, 0.15) is 66.1 Å². The molecule has 3 aromatic rings. The van der Waals surface area contributed by atoms with Crippen molar-refractivity contribution < 1.29 is 68.3 Å². The molecule has 0 spiro atoms. The second-order valence-corrected chi connectivity index (χ2v) is 18.6. The van der Waals surface area contributed by atoms with E-state index in [1.807, 2.05) is 0 Å². The molecule has 0 aromatic heterocycles. The Morgan fingerprint density at radius 1 is 0.722 bits per heavy atom. The van der Waals surface area contributed by atoms with Crippen molar-refractivity contribution in [1.82, 2.24) is 36.0 Å². The van der Waals surface area contributed by atoms with Crippen LogP contribution in [0.2, 0.25) is 0 Å². The van der Waals surface area contributed by atoms with Crippen LogP contribution < -0.4 is 21.3 Å². The van der Waals surface area contributed by atoms with Crippen LogP contribution in [0.1, 0.15) is 76.5 Å². The van der Waals surface area contributed by atoms with Crippen LogP contribution in [-0.2, 0) is 67.2 Å². The fourth-order valence-corrected chi connectivity index (χ4v) is 8.68. The molecule has 0 saturated carbocycles. The maximum atomic E-state index is 15.1. The zero-order valence-corrected chi connectivity index (χ0v) is 41.1. The Morgan fingerprint density at radius 2 is 1.24 bits per heavy atom. The Labute approximate surface area is 417 Å². The molecule has 7 amide bonds. The summed E-state index contributed by atoms with van der Waals surface area (Å²) in [5.41, 5.74) is 1.49. The van der Waals surface area contributed by atoms with Gasteiger partial charge in [0, 0.05) is 39.8 Å². The smallest absolute Gasteiger partial charge is 0.329 e. The SMILES string of the molecule is CCCC(=O)NC(CC(=O)O)C(=O)NC1C(=O)N(C)C(Cc2ccc(O)cc2)C(=O)NC2CCC(O)N(C2=O)C(Cc2ccccc2)C(=O)N(C)C(Cc2ccc(O)cc2)C(=O)NC(C(C)C)C(=O)OC1C. The number of rotatable bonds is 14. The average molecular weight is 1000 g/mol. The first-order chi connectivity index (χ1) is 34.1. The van der Waals surface area contributed by atoms with Crippen LogP contribution in [0.15, 0.2) is 78.9 Å². The minimum Gasteiger partial charge on any atom is -0.508 e. The largest absolute Gasteiger partial charge is 0.508 e. The number of likely N-dealkylation sites (N-methyl/N-ethyl adjacent to an activating group) is 2. The van der Waals surface area contributed by atoms with E-state index in [0.717, 1.165) is 14.7 Å². The number of hydrogen-bond donors (Lipinski definition) is 8. The summed E-state index contributed by atoms with van der Waals surface area (Å²) in [6.45, 7) is 6.12. The standard InChI is InChI=1S/C51H65N7O14/c1-7-11-40(61)52-36(27-42(63)64)45(65)55-44-29(4)72-51(71)43(28(2)3)54-47(67)38(25-32-16-20-34(60)21-17-32)56(5)49(69)39(26-30-12-9-8-10-13-30)58-41(62)23-22-35(48(58)68)53-46(66)37(57(6)50(44)70)24-31-14-18-33(59)19-15-31/h8-10,12-21,28-29,35-39,41,43-44,59-60,62H,7,11,22-27H2,1-6H3,(H,52,61)(H,53,66)(H,54,67)(H,55,65)(H,63,64). The van der Waals surface area contributed by atoms with E-state index >= 15 is 4.79 Å². The molecule has 2 aliphatic heterocycles. The molecular weight excluding hydrogens is 935 g/mol. The van der Waals surface area contributed by atoms with Crippen molar-refractivity contribution in [1.29, 1.82) is 0 Å². The normalized spacial score (nSPS) is 24.2. The van der Waals surface area contributed by atoms with E-state index in [4.69, 9.17) is 4.74 Å². The average Bonchev–Trinajstić information content (AvgIpc) is 3.33. The monoisotopic (exact) mass is 999 g/mol. The minimum absolute atomic E-state index is 0.0630. The third-order valence-electron chi connectivity index (χ3n) is 12.8. The number of carboxylic acid groups (broad SMARTS) is 1. The molecule has 0 aliphatic carbocycles. The Balaban J connectivity index is 1.68. The van der Waals surface area contributed by atoms with E-state index in [-0.39, 0.29) is 50.0 Å². The number of phenolic OH excluding ortho intramolecular Hbond substituents is 2. The zero-order valence-electron chi connectivity index (χ0n) is 41.1. The first-order valence-electron chi connectivity index (χ1n) is 23.9. The van der Waals surface area contributed by atoms with Crippen LogP contribution in [0, 0.1) is 5.92 Å². The van der Waals surface area contributed by atoms with Gasteiger partial charge in [0.2, 0.25) is 41.4 Å². The van der Waals surface area contributed by atoms with Gasteiger partial charge in [-0.3, -0.25) is 38.4 Å². The number of aliphatic hydroxyl groups is 1. The van der Waals surface area contributed by atoms with Gasteiger partial charge in [0.25, 0.3) is 0 Å². The number of aromatic hydroxyl groups is 2. The van der Waals surface area contributed by atoms with Gasteiger partial charge >= 0.3 is 11.9 Å². The Bertz CT molecular complexity index is 2440. The number of carboxylic acids is 1. The number of nitrogens with zero attached hydrogens (tertiary/aromatic N) is 3. The zero-order chi connectivity index (χ0) is 53.0. The summed E-state index contributed by atoms with van der Waals surface area (Å²) in [6, 6.07) is 9.26. The number of cyclic esters (lactones) is 1. The fourth-order valence-electron chi connectivity index (χ4n) is 8.68. The summed E-state index contributed by atoms with van der Waals surface area (Å²) in [6.07, 6.45) is -4.61. The van der Waals surface area contributed by atoms with Crippen molar-refractivity contribution in [3.63, 3.8) is 0 Å². The van der Waals surface area contributed by atoms with Crippen LogP contribution in [-0.4, -0.2) is 157 Å². The van der Waals surface area contributed by atoms with Crippen LogP contribution in [0.25, 0.3) is 0 Å². The van der Waals surface area contributed by atoms with Crippen LogP contribution >= 0.6 is 0 Å². The van der Waals surface area contributed by atoms with Gasteiger partial charge in [0.05, 0.1) is 6.42 Å². The molecule has 72 heavy (non-hydrogen) atoms. The number of aliphatic carboxylic acids is 1. The molecule has 388 valence electrons. The molecule has 0 radical (unpaired) electrons. The molecule has 9 atom stereocenters. The number of aliphatic hydroxyl groups excluding tert-OH is 1. The van der Waals surface area contributed by atoms with Crippen molar-refractivity contribution in [3.05, 3.63) is 95.6 Å². The van der Waals surface area contributed by atoms with E-state index < -0.39 is 120 Å². The highest BCUT2D eigenvalue weighted by molar-refractivity contribution is 5.99. The molecule has 2 aliphatic rings. The lowest BCUT2D eigenvalue weighted by Crippen LogP contribution is -2.65. The third kappa shape index (κ3) is 14.3. The quantitative estimate of drug-likeness (QED) is 0.104. The number of hydrogen-bond acceptors (Lipinski definition) is 13. The number of carbonyl (C=O) groups excluding carboxylic acids is 8. The first-order valence-corrected chi connectivity index (χ1v) is 23.9. The van der Waals surface area contributed by atoms with Crippen LogP contribution in [0.4, 0.5) is 0 Å². The molecular formula is C51H65N7O14. The van der Waals surface area contributed by atoms with Gasteiger partial charge in [-0.1, -0.05) is 75.4 Å². The van der Waals surface area contributed by atoms with Gasteiger partial charge in [-0.2, -0.15) is 0 Å². The number of benzene rings is 3. The number of ether oxygens (including phenoxy) is 1. The van der Waals surface area contributed by atoms with E-state index in [9.17, 15) is 58.8 Å². The Hall–Kier alpha value is -7.55. The van der Waals surface area contributed by atoms with Gasteiger partial charge < -0.3 is 61.1 Å². The number of phenols is 2. The number of carbonyl (C=O) groups is 9. The maximum absolute atomic E-state index is 15.1. The van der Waals surface area contributed by atoms with Crippen LogP contribution in [0.5, 0.6) is 11.5 Å². The van der Waals surface area contributed by atoms with Crippen molar-refractivity contribution >= 4 is 53.3 Å². The highest BCUT2D eigenvalue weighted by Gasteiger charge is 2.46. The molecule has 2 saturated heterocycles. The van der Waals surface area contributed by atoms with E-state index in [2.05, 4.69) is 21.3 Å². The molecule has 2 heterocycles. The summed E-state index contributed by atoms with van der Waals surface area (Å²) in [5, 5.41) is 51.7. The predicted octanol–water partition coefficient (Wildman–Crippen LogP) is 0.904. The molecule has 8 N–H and O–H groups in total. The number of fused-ring (bicyclic) bond motifs is 2. The van der Waals surface area contributed by atoms with E-state index in [1.165, 1.54) is 69.6 Å². The topological polar surface area (TPSA) is 302 Å². The highest BCUT2D eigenvalue weighted by atomic mass is 16.5. The molecule has 21 heteroatoms. The lowest BCUT2D eigenvalue weighted by atomic mass is 9.95. The van der Waals surface area contributed by atoms with Crippen molar-refractivity contribution in [2.75, 3.05) is 14.1 Å². The lowest BCUT2D eigenvalue weighted by Gasteiger charge is -2.43. The fraction of sp³-hybridized carbons (Fsp3) is 0.471. The second kappa shape index (κ2) is 25.0. The first kappa shape index (κ1) is 55.4. The molecule has 2 bridgehead atoms. The molecule has 9 unspecified atom stereocenters. The summed E-state index contributed by atoms with van der Waals surface area (Å²) >= 11 is 0. The minimum atomic E-state index is -1.89. The second-order valence-electron chi connectivity index (χ2n) is 18.6. The van der Waals surface area contributed by atoms with Gasteiger partial charge in [-0.25, -0.2) is 4.79 Å². The van der Waals surface area contributed by atoms with Gasteiger partial charge in [-0.05, 0) is 73.1 Å². The predicted molar refractivity (Wildman–Crippen MR) is 258 cm³/mol. The maximum Gasteiger partial charge on any atom is 0.329 e. The molecule has 5 rings (SSSR count). The van der Waals surface area contributed by atoms with E-state index in [1.54, 1.807) is 51.1 Å². The molecule has 3 aromatic carbocycles. The number of piperidine rings is 1. The van der Waals surface area contributed by atoms with E-state index in [0.29, 0.717) is 23.1 Å². The van der Waals surface area contributed by atoms with Crippen molar-refractivity contribution in [2.45, 2.75) is 134 Å². The third-order valence-corrected chi connectivity index (χ3v) is 12.8. The number of nitrogens with one attached hydrogen (secondary N) is 4. The summed E-state index contributed by atoms with van der Waals surface area (Å²) in [4.78, 5) is 130. The van der Waals surface area contributed by atoms with Crippen molar-refractivity contribution in [2.24, 2.45) is 5.92 Å². The van der Waals surface area contributed by atoms with Gasteiger partial charge in [-0.15, -0.1) is 0 Å². The summed E-state index contributed by atoms with van der Waals surface area (Å²) in [7, 11) is 2.55. The summed E-state index contributed by atoms with van der Waals surface area (Å²) in [5.74, 6) is -9.71. The molecule has 2 fully saturated rings. The number of esters is 1. The van der Waals surface area contributed by atoms with Crippen molar-refractivity contribution in [3.8, 4) is 11.5 Å². The lowest BCUT2D eigenvalue weighted by molar-refractivity contribution is -0.165. The van der Waals surface area contributed by atoms with Crippen LogP contribution in [0.3, 0.4) is 0 Å².